The highest BCUT2D eigenvalue weighted by atomic mass is 35.5. The van der Waals surface area contributed by atoms with Crippen LogP contribution in [0.2, 0.25) is 5.02 Å². The van der Waals surface area contributed by atoms with Gasteiger partial charge >= 0.3 is 12.0 Å². The van der Waals surface area contributed by atoms with Crippen LogP contribution in [0.1, 0.15) is 18.4 Å². The maximum Gasteiger partial charge on any atom is 0.326 e. The lowest BCUT2D eigenvalue weighted by molar-refractivity contribution is -0.141. The summed E-state index contributed by atoms with van der Waals surface area (Å²) < 4.78 is 0. The van der Waals surface area contributed by atoms with Gasteiger partial charge in [0.2, 0.25) is 0 Å². The summed E-state index contributed by atoms with van der Waals surface area (Å²) >= 11 is 5.83. The molecule has 1 heterocycles. The molecule has 6 nitrogen and oxygen atoms in total. The summed E-state index contributed by atoms with van der Waals surface area (Å²) in [6.45, 7) is 0.380. The van der Waals surface area contributed by atoms with Crippen LogP contribution in [-0.4, -0.2) is 34.6 Å². The number of benzene rings is 1. The minimum absolute atomic E-state index is 0.272. The third-order valence-electron chi connectivity index (χ3n) is 3.14. The van der Waals surface area contributed by atoms with E-state index in [1.54, 1.807) is 6.07 Å². The van der Waals surface area contributed by atoms with Crippen LogP contribution in [0.25, 0.3) is 0 Å². The Morgan fingerprint density at radius 3 is 2.90 bits per heavy atom. The molecule has 1 aliphatic heterocycles. The van der Waals surface area contributed by atoms with E-state index in [9.17, 15) is 9.59 Å². The van der Waals surface area contributed by atoms with Crippen molar-refractivity contribution in [2.24, 2.45) is 0 Å². The van der Waals surface area contributed by atoms with E-state index in [4.69, 9.17) is 22.0 Å². The van der Waals surface area contributed by atoms with Crippen molar-refractivity contribution in [1.29, 1.82) is 5.26 Å². The second-order valence-electron chi connectivity index (χ2n) is 4.42. The van der Waals surface area contributed by atoms with Crippen molar-refractivity contribution in [2.45, 2.75) is 18.9 Å². The molecule has 2 rings (SSSR count). The first-order chi connectivity index (χ1) is 9.52. The summed E-state index contributed by atoms with van der Waals surface area (Å²) in [5, 5.41) is 21.0. The van der Waals surface area contributed by atoms with Gasteiger partial charge in [0.15, 0.2) is 0 Å². The van der Waals surface area contributed by atoms with E-state index in [0.717, 1.165) is 0 Å². The zero-order chi connectivity index (χ0) is 14.7. The molecule has 1 unspecified atom stereocenters. The fourth-order valence-electron chi connectivity index (χ4n) is 2.17. The Labute approximate surface area is 120 Å². The molecular weight excluding hydrogens is 282 g/mol. The molecule has 0 aliphatic carbocycles. The van der Waals surface area contributed by atoms with Gasteiger partial charge < -0.3 is 15.3 Å². The van der Waals surface area contributed by atoms with Crippen LogP contribution in [0.3, 0.4) is 0 Å². The van der Waals surface area contributed by atoms with E-state index in [0.29, 0.717) is 24.4 Å². The van der Waals surface area contributed by atoms with Gasteiger partial charge in [0.1, 0.15) is 12.1 Å². The molecule has 1 fully saturated rings. The number of halogens is 1. The predicted molar refractivity (Wildman–Crippen MR) is 72.5 cm³/mol. The topological polar surface area (TPSA) is 93.4 Å². The largest absolute Gasteiger partial charge is 0.480 e. The van der Waals surface area contributed by atoms with Gasteiger partial charge in [-0.15, -0.1) is 0 Å². The zero-order valence-electron chi connectivity index (χ0n) is 10.5. The number of carbonyl (C=O) groups is 2. The molecular formula is C13H12ClN3O3. The molecule has 0 bridgehead atoms. The van der Waals surface area contributed by atoms with Crippen molar-refractivity contribution >= 4 is 29.3 Å². The minimum atomic E-state index is -1.02. The van der Waals surface area contributed by atoms with E-state index < -0.39 is 18.0 Å². The van der Waals surface area contributed by atoms with Gasteiger partial charge in [0.25, 0.3) is 0 Å². The molecule has 1 aliphatic rings. The summed E-state index contributed by atoms with van der Waals surface area (Å²) in [5.74, 6) is -1.02. The predicted octanol–water partition coefficient (Wildman–Crippen LogP) is 2.29. The molecule has 0 spiro atoms. The van der Waals surface area contributed by atoms with Crippen molar-refractivity contribution in [2.75, 3.05) is 11.9 Å². The molecule has 1 aromatic rings. The number of carbonyl (C=O) groups excluding carboxylic acids is 1. The van der Waals surface area contributed by atoms with Crippen LogP contribution in [0.4, 0.5) is 10.5 Å². The van der Waals surface area contributed by atoms with Gasteiger partial charge in [-0.05, 0) is 31.0 Å². The van der Waals surface area contributed by atoms with Crippen LogP contribution in [0.5, 0.6) is 0 Å². The normalized spacial score (nSPS) is 17.6. The summed E-state index contributed by atoms with van der Waals surface area (Å²) in [6.07, 6.45) is 1.08. The highest BCUT2D eigenvalue weighted by Crippen LogP contribution is 2.23. The molecule has 2 N–H and O–H groups in total. The second-order valence-corrected chi connectivity index (χ2v) is 4.86. The van der Waals surface area contributed by atoms with E-state index in [-0.39, 0.29) is 11.3 Å². The molecule has 0 aromatic heterocycles. The molecule has 1 saturated heterocycles. The van der Waals surface area contributed by atoms with Crippen LogP contribution >= 0.6 is 11.6 Å². The zero-order valence-corrected chi connectivity index (χ0v) is 11.2. The summed E-state index contributed by atoms with van der Waals surface area (Å²) in [5.41, 5.74) is 0.551. The highest BCUT2D eigenvalue weighted by molar-refractivity contribution is 6.31. The van der Waals surface area contributed by atoms with Crippen LogP contribution in [0.15, 0.2) is 18.2 Å². The second kappa shape index (κ2) is 5.80. The minimum Gasteiger partial charge on any atom is -0.480 e. The fourth-order valence-corrected chi connectivity index (χ4v) is 2.34. The van der Waals surface area contributed by atoms with Crippen molar-refractivity contribution in [3.63, 3.8) is 0 Å². The van der Waals surface area contributed by atoms with E-state index >= 15 is 0 Å². The third-order valence-corrected chi connectivity index (χ3v) is 3.38. The standard InChI is InChI=1S/C13H12ClN3O3/c14-9-4-3-8(7-15)10(6-9)16-13(20)17-5-1-2-11(17)12(18)19/h3-4,6,11H,1-2,5H2,(H,16,20)(H,18,19). The number of amides is 2. The Morgan fingerprint density at radius 1 is 1.50 bits per heavy atom. The number of hydrogen-bond donors (Lipinski definition) is 2. The number of nitrogens with zero attached hydrogens (tertiary/aromatic N) is 2. The number of urea groups is 1. The van der Waals surface area contributed by atoms with Crippen molar-refractivity contribution in [1.82, 2.24) is 4.90 Å². The van der Waals surface area contributed by atoms with Gasteiger partial charge in [-0.2, -0.15) is 5.26 Å². The molecule has 1 atom stereocenters. The Balaban J connectivity index is 2.18. The number of aliphatic carboxylic acids is 1. The van der Waals surface area contributed by atoms with Gasteiger partial charge in [-0.1, -0.05) is 11.6 Å². The summed E-state index contributed by atoms with van der Waals surface area (Å²) in [4.78, 5) is 24.4. The summed E-state index contributed by atoms with van der Waals surface area (Å²) in [6, 6.07) is 5.10. The number of rotatable bonds is 2. The van der Waals surface area contributed by atoms with E-state index in [1.807, 2.05) is 6.07 Å². The van der Waals surface area contributed by atoms with E-state index in [2.05, 4.69) is 5.32 Å². The quantitative estimate of drug-likeness (QED) is 0.875. The number of anilines is 1. The molecule has 0 saturated carbocycles. The highest BCUT2D eigenvalue weighted by Gasteiger charge is 2.34. The maximum absolute atomic E-state index is 12.1. The van der Waals surface area contributed by atoms with Crippen LogP contribution < -0.4 is 5.32 Å². The average Bonchev–Trinajstić information content (AvgIpc) is 2.88. The Bertz CT molecular complexity index is 597. The van der Waals surface area contributed by atoms with Crippen LogP contribution in [-0.2, 0) is 4.79 Å². The van der Waals surface area contributed by atoms with Crippen molar-refractivity contribution in [3.05, 3.63) is 28.8 Å². The summed E-state index contributed by atoms with van der Waals surface area (Å²) in [7, 11) is 0. The fraction of sp³-hybridized carbons (Fsp3) is 0.308. The van der Waals surface area contributed by atoms with Crippen molar-refractivity contribution in [3.8, 4) is 6.07 Å². The Morgan fingerprint density at radius 2 is 2.25 bits per heavy atom. The van der Waals surface area contributed by atoms with Gasteiger partial charge in [0, 0.05) is 11.6 Å². The first-order valence-corrected chi connectivity index (χ1v) is 6.41. The number of nitriles is 1. The lowest BCUT2D eigenvalue weighted by atomic mass is 10.2. The number of carboxylic acids is 1. The third kappa shape index (κ3) is 2.83. The first kappa shape index (κ1) is 14.2. The SMILES string of the molecule is N#Cc1ccc(Cl)cc1NC(=O)N1CCCC1C(=O)O. The van der Waals surface area contributed by atoms with Crippen LogP contribution in [0, 0.1) is 11.3 Å². The number of nitrogens with one attached hydrogen (secondary N) is 1. The van der Waals surface area contributed by atoms with Gasteiger partial charge in [-0.3, -0.25) is 0 Å². The number of hydrogen-bond acceptors (Lipinski definition) is 3. The maximum atomic E-state index is 12.1. The average molecular weight is 294 g/mol. The molecule has 104 valence electrons. The van der Waals surface area contributed by atoms with Gasteiger partial charge in [-0.25, -0.2) is 9.59 Å². The monoisotopic (exact) mass is 293 g/mol. The lowest BCUT2D eigenvalue weighted by Gasteiger charge is -2.22. The number of likely N-dealkylation sites (tertiary alicyclic amines) is 1. The Hall–Kier alpha value is -2.26. The van der Waals surface area contributed by atoms with E-state index in [1.165, 1.54) is 17.0 Å². The van der Waals surface area contributed by atoms with Crippen molar-refractivity contribution < 1.29 is 14.7 Å². The smallest absolute Gasteiger partial charge is 0.326 e. The molecule has 20 heavy (non-hydrogen) atoms. The molecule has 0 radical (unpaired) electrons. The molecule has 2 amide bonds. The lowest BCUT2D eigenvalue weighted by Crippen LogP contribution is -2.42. The Kier molecular flexibility index (Phi) is 4.11. The molecule has 7 heteroatoms. The first-order valence-electron chi connectivity index (χ1n) is 6.03. The van der Waals surface area contributed by atoms with Gasteiger partial charge in [0.05, 0.1) is 11.3 Å². The molecule has 1 aromatic carbocycles. The number of carboxylic acid groups (broad SMARTS) is 1.